The monoisotopic (exact) mass is 236 g/mol. The van der Waals surface area contributed by atoms with Gasteiger partial charge in [-0.25, -0.2) is 4.98 Å². The Balaban J connectivity index is 2.91. The first kappa shape index (κ1) is 11.1. The molecule has 4 heteroatoms. The molecular weight excluding hydrogens is 224 g/mol. The molecule has 0 fully saturated rings. The molecule has 2 rings (SSSR count). The highest BCUT2D eigenvalue weighted by Crippen LogP contribution is 2.16. The highest BCUT2D eigenvalue weighted by atomic mass is 35.5. The molecule has 0 bridgehead atoms. The number of aromatic nitrogens is 2. The number of rotatable bonds is 2. The van der Waals surface area contributed by atoms with Gasteiger partial charge in [-0.2, -0.15) is 0 Å². The second-order valence-corrected chi connectivity index (χ2v) is 4.01. The highest BCUT2D eigenvalue weighted by Gasteiger charge is 2.07. The second kappa shape index (κ2) is 4.26. The minimum absolute atomic E-state index is 0.0147. The third-order valence-corrected chi connectivity index (χ3v) is 2.94. The van der Waals surface area contributed by atoms with Crippen molar-refractivity contribution < 1.29 is 0 Å². The number of aryl methyl sites for hydroxylation is 2. The quantitative estimate of drug-likeness (QED) is 0.752. The Bertz CT molecular complexity index is 589. The number of nitrogens with zero attached hydrogens (tertiary/aromatic N) is 2. The third-order valence-electron chi connectivity index (χ3n) is 2.73. The van der Waals surface area contributed by atoms with Crippen LogP contribution in [0.1, 0.15) is 19.5 Å². The van der Waals surface area contributed by atoms with E-state index in [1.54, 1.807) is 18.3 Å². The lowest BCUT2D eigenvalue weighted by atomic mass is 10.2. The van der Waals surface area contributed by atoms with E-state index >= 15 is 0 Å². The topological polar surface area (TPSA) is 34.9 Å². The van der Waals surface area contributed by atoms with E-state index in [4.69, 9.17) is 11.6 Å². The van der Waals surface area contributed by atoms with E-state index in [1.807, 2.05) is 6.92 Å². The van der Waals surface area contributed by atoms with Crippen LogP contribution >= 0.6 is 11.6 Å². The summed E-state index contributed by atoms with van der Waals surface area (Å²) in [6.45, 7) is 4.91. The van der Waals surface area contributed by atoms with Crippen molar-refractivity contribution in [1.29, 1.82) is 0 Å². The summed E-state index contributed by atoms with van der Waals surface area (Å²) in [7, 11) is 0. The molecule has 0 aliphatic heterocycles. The van der Waals surface area contributed by atoms with Crippen LogP contribution in [0.2, 0.25) is 5.15 Å². The number of fused-ring (bicyclic) bond motifs is 1. The van der Waals surface area contributed by atoms with E-state index in [9.17, 15) is 4.79 Å². The summed E-state index contributed by atoms with van der Waals surface area (Å²) in [5.74, 6) is 0. The summed E-state index contributed by atoms with van der Waals surface area (Å²) in [6, 6.07) is 3.31. The summed E-state index contributed by atoms with van der Waals surface area (Å²) < 4.78 is 2.10. The summed E-state index contributed by atoms with van der Waals surface area (Å²) in [4.78, 5) is 15.9. The van der Waals surface area contributed by atoms with Gasteiger partial charge in [-0.3, -0.25) is 4.79 Å². The number of hydrogen-bond donors (Lipinski definition) is 0. The molecule has 0 aromatic carbocycles. The molecule has 0 aliphatic carbocycles. The predicted molar refractivity (Wildman–Crippen MR) is 66.1 cm³/mol. The van der Waals surface area contributed by atoms with Crippen molar-refractivity contribution in [2.45, 2.75) is 26.8 Å². The highest BCUT2D eigenvalue weighted by molar-refractivity contribution is 6.30. The van der Waals surface area contributed by atoms with Crippen molar-refractivity contribution in [2.24, 2.45) is 0 Å². The smallest absolute Gasteiger partial charge is 0.189 e. The lowest BCUT2D eigenvalue weighted by Crippen LogP contribution is -2.13. The fraction of sp³-hybridized carbons (Fsp3) is 0.333. The van der Waals surface area contributed by atoms with Crippen molar-refractivity contribution in [3.05, 3.63) is 39.4 Å². The number of halogens is 1. The third kappa shape index (κ3) is 1.71. The SMILES string of the molecule is CCc1cc(=O)c2cc(Cl)ncc2n1CC. The van der Waals surface area contributed by atoms with Crippen LogP contribution in [0.15, 0.2) is 23.1 Å². The van der Waals surface area contributed by atoms with Gasteiger partial charge >= 0.3 is 0 Å². The molecule has 2 heterocycles. The molecule has 0 spiro atoms. The Morgan fingerprint density at radius 1 is 1.38 bits per heavy atom. The fourth-order valence-electron chi connectivity index (χ4n) is 1.96. The molecule has 0 saturated heterocycles. The van der Waals surface area contributed by atoms with Crippen LogP contribution in [-0.2, 0) is 13.0 Å². The summed E-state index contributed by atoms with van der Waals surface area (Å²) in [5.41, 5.74) is 1.90. The Morgan fingerprint density at radius 3 is 2.75 bits per heavy atom. The van der Waals surface area contributed by atoms with Gasteiger partial charge < -0.3 is 4.57 Å². The first-order valence-corrected chi connectivity index (χ1v) is 5.73. The first-order valence-electron chi connectivity index (χ1n) is 5.35. The molecule has 2 aromatic heterocycles. The van der Waals surface area contributed by atoms with Crippen molar-refractivity contribution >= 4 is 22.5 Å². The zero-order valence-corrected chi connectivity index (χ0v) is 10.1. The van der Waals surface area contributed by atoms with Crippen LogP contribution in [0.25, 0.3) is 10.9 Å². The predicted octanol–water partition coefficient (Wildman–Crippen LogP) is 2.63. The molecule has 0 radical (unpaired) electrons. The Hall–Kier alpha value is -1.35. The van der Waals surface area contributed by atoms with Crippen LogP contribution in [0.5, 0.6) is 0 Å². The number of pyridine rings is 2. The van der Waals surface area contributed by atoms with Gasteiger partial charge in [-0.1, -0.05) is 18.5 Å². The van der Waals surface area contributed by atoms with Crippen molar-refractivity contribution in [2.75, 3.05) is 0 Å². The fourth-order valence-corrected chi connectivity index (χ4v) is 2.12. The lowest BCUT2D eigenvalue weighted by molar-refractivity contribution is 0.733. The zero-order valence-electron chi connectivity index (χ0n) is 9.33. The van der Waals surface area contributed by atoms with E-state index < -0.39 is 0 Å². The molecule has 0 aliphatic rings. The second-order valence-electron chi connectivity index (χ2n) is 3.62. The van der Waals surface area contributed by atoms with E-state index in [0.717, 1.165) is 24.2 Å². The van der Waals surface area contributed by atoms with E-state index in [-0.39, 0.29) is 5.43 Å². The average molecular weight is 237 g/mol. The van der Waals surface area contributed by atoms with E-state index in [0.29, 0.717) is 10.5 Å². The van der Waals surface area contributed by atoms with Gasteiger partial charge in [0.05, 0.1) is 17.1 Å². The standard InChI is InChI=1S/C12H13ClN2O/c1-3-8-5-11(16)9-6-12(13)14-7-10(9)15(8)4-2/h5-7H,3-4H2,1-2H3. The van der Waals surface area contributed by atoms with Crippen molar-refractivity contribution in [3.8, 4) is 0 Å². The van der Waals surface area contributed by atoms with Crippen molar-refractivity contribution in [1.82, 2.24) is 9.55 Å². The maximum atomic E-state index is 11.9. The van der Waals surface area contributed by atoms with Gasteiger partial charge in [0.15, 0.2) is 5.43 Å². The maximum Gasteiger partial charge on any atom is 0.189 e. The molecule has 0 saturated carbocycles. The van der Waals surface area contributed by atoms with Crippen LogP contribution < -0.4 is 5.43 Å². The van der Waals surface area contributed by atoms with Gasteiger partial charge in [0.2, 0.25) is 0 Å². The Morgan fingerprint density at radius 2 is 2.12 bits per heavy atom. The average Bonchev–Trinajstić information content (AvgIpc) is 2.29. The molecular formula is C12H13ClN2O. The Labute approximate surface area is 98.7 Å². The molecule has 0 N–H and O–H groups in total. The van der Waals surface area contributed by atoms with E-state index in [2.05, 4.69) is 16.5 Å². The normalized spacial score (nSPS) is 10.9. The van der Waals surface area contributed by atoms with Gasteiger partial charge in [0, 0.05) is 18.3 Å². The van der Waals surface area contributed by atoms with E-state index in [1.165, 1.54) is 0 Å². The molecule has 16 heavy (non-hydrogen) atoms. The molecule has 84 valence electrons. The number of hydrogen-bond acceptors (Lipinski definition) is 2. The summed E-state index contributed by atoms with van der Waals surface area (Å²) in [6.07, 6.45) is 2.50. The minimum Gasteiger partial charge on any atom is -0.343 e. The Kier molecular flexibility index (Phi) is 2.97. The molecule has 3 nitrogen and oxygen atoms in total. The van der Waals surface area contributed by atoms with Crippen molar-refractivity contribution in [3.63, 3.8) is 0 Å². The van der Waals surface area contributed by atoms with Gasteiger partial charge in [0.25, 0.3) is 0 Å². The van der Waals surface area contributed by atoms with Gasteiger partial charge in [0.1, 0.15) is 5.15 Å². The molecule has 0 atom stereocenters. The molecule has 0 unspecified atom stereocenters. The maximum absolute atomic E-state index is 11.9. The van der Waals surface area contributed by atoms with Crippen LogP contribution in [0.3, 0.4) is 0 Å². The largest absolute Gasteiger partial charge is 0.343 e. The summed E-state index contributed by atoms with van der Waals surface area (Å²) in [5, 5.41) is 0.996. The molecule has 2 aromatic rings. The van der Waals surface area contributed by atoms with Gasteiger partial charge in [-0.05, 0) is 19.4 Å². The minimum atomic E-state index is 0.0147. The van der Waals surface area contributed by atoms with Crippen LogP contribution in [-0.4, -0.2) is 9.55 Å². The van der Waals surface area contributed by atoms with Crippen LogP contribution in [0.4, 0.5) is 0 Å². The lowest BCUT2D eigenvalue weighted by Gasteiger charge is -2.13. The molecule has 0 amide bonds. The zero-order chi connectivity index (χ0) is 11.7. The van der Waals surface area contributed by atoms with Crippen LogP contribution in [0, 0.1) is 0 Å². The summed E-state index contributed by atoms with van der Waals surface area (Å²) >= 11 is 5.80. The first-order chi connectivity index (χ1) is 7.67. The van der Waals surface area contributed by atoms with Gasteiger partial charge in [-0.15, -0.1) is 0 Å².